The van der Waals surface area contributed by atoms with Gasteiger partial charge in [0.15, 0.2) is 11.5 Å². The molecule has 0 saturated carbocycles. The second-order valence-corrected chi connectivity index (χ2v) is 8.41. The van der Waals surface area contributed by atoms with E-state index in [9.17, 15) is 24.3 Å². The van der Waals surface area contributed by atoms with Crippen molar-refractivity contribution in [3.05, 3.63) is 53.1 Å². The second kappa shape index (κ2) is 10.6. The maximum Gasteiger partial charge on any atom is 0.308 e. The number of fused-ring (bicyclic) bond motifs is 1. The zero-order chi connectivity index (χ0) is 25.9. The van der Waals surface area contributed by atoms with Crippen LogP contribution in [0.5, 0.6) is 11.5 Å². The number of amides is 3. The average molecular weight is 484 g/mol. The van der Waals surface area contributed by atoms with Gasteiger partial charge in [0.05, 0.1) is 49.0 Å². The van der Waals surface area contributed by atoms with E-state index in [0.29, 0.717) is 23.7 Å². The van der Waals surface area contributed by atoms with Gasteiger partial charge in [-0.05, 0) is 57.8 Å². The van der Waals surface area contributed by atoms with Crippen LogP contribution in [0, 0.1) is 5.92 Å². The number of carboxylic acids is 1. The Kier molecular flexibility index (Phi) is 7.75. The Hall–Kier alpha value is -3.92. The fourth-order valence-corrected chi connectivity index (χ4v) is 4.08. The number of carbonyl (C=O) groups is 4. The third kappa shape index (κ3) is 5.12. The summed E-state index contributed by atoms with van der Waals surface area (Å²) < 4.78 is 10.9. The Bertz CT molecular complexity index is 1160. The highest BCUT2D eigenvalue weighted by molar-refractivity contribution is 6.24. The van der Waals surface area contributed by atoms with Crippen LogP contribution < -0.4 is 14.8 Å². The predicted molar refractivity (Wildman–Crippen MR) is 128 cm³/mol. The number of nitrogens with one attached hydrogen (secondary N) is 1. The molecule has 1 aliphatic heterocycles. The summed E-state index contributed by atoms with van der Waals surface area (Å²) in [6, 6.07) is 8.25. The molecular formula is C25H29N3O7. The topological polar surface area (TPSA) is 125 Å². The van der Waals surface area contributed by atoms with Crippen LogP contribution in [0.15, 0.2) is 36.4 Å². The van der Waals surface area contributed by atoms with Gasteiger partial charge in [0.1, 0.15) is 0 Å². The van der Waals surface area contributed by atoms with Crippen molar-refractivity contribution in [3.63, 3.8) is 0 Å². The van der Waals surface area contributed by atoms with E-state index in [0.717, 1.165) is 4.90 Å². The summed E-state index contributed by atoms with van der Waals surface area (Å²) in [6.07, 6.45) is 0. The molecule has 3 rings (SSSR count). The quantitative estimate of drug-likeness (QED) is 0.494. The van der Waals surface area contributed by atoms with Gasteiger partial charge in [-0.25, -0.2) is 0 Å². The Labute approximate surface area is 203 Å². The van der Waals surface area contributed by atoms with Crippen molar-refractivity contribution in [1.82, 2.24) is 9.80 Å². The van der Waals surface area contributed by atoms with Crippen LogP contribution in [0.2, 0.25) is 0 Å². The number of carbonyl (C=O) groups excluding carboxylic acids is 3. The molecule has 2 N–H and O–H groups in total. The lowest BCUT2D eigenvalue weighted by atomic mass is 9.92. The monoisotopic (exact) mass is 483 g/mol. The van der Waals surface area contributed by atoms with Crippen LogP contribution in [0.25, 0.3) is 0 Å². The number of ether oxygens (including phenoxy) is 2. The first-order valence-corrected chi connectivity index (χ1v) is 11.1. The minimum atomic E-state index is -1.18. The summed E-state index contributed by atoms with van der Waals surface area (Å²) in [5.41, 5.74) is 0.725. The molecule has 1 heterocycles. The molecule has 0 saturated heterocycles. The lowest BCUT2D eigenvalue weighted by molar-refractivity contribution is -0.142. The standard InChI is InChI=1S/C25H29N3O7/c1-6-35-19-12-15(10-11-18(19)34-5)22(14(2)25(32)33)28-23(30)16-8-7-9-17(21(16)24(28)31)26-20(29)13-27(3)4/h7-12,14,22H,6,13H2,1-5H3,(H,26,29)(H,32,33). The van der Waals surface area contributed by atoms with E-state index < -0.39 is 29.7 Å². The average Bonchev–Trinajstić information content (AvgIpc) is 3.05. The van der Waals surface area contributed by atoms with Gasteiger partial charge in [-0.3, -0.25) is 24.1 Å². The SMILES string of the molecule is CCOc1cc(C(C(C)C(=O)O)N2C(=O)c3cccc(NC(=O)CN(C)C)c3C2=O)ccc1OC. The number of rotatable bonds is 10. The van der Waals surface area contributed by atoms with Gasteiger partial charge >= 0.3 is 5.97 Å². The lowest BCUT2D eigenvalue weighted by Gasteiger charge is -2.30. The molecule has 0 radical (unpaired) electrons. The van der Waals surface area contributed by atoms with Crippen LogP contribution in [-0.4, -0.2) is 73.0 Å². The van der Waals surface area contributed by atoms with Crippen molar-refractivity contribution in [2.75, 3.05) is 39.7 Å². The maximum atomic E-state index is 13.6. The number of likely N-dealkylation sites (N-methyl/N-ethyl adjacent to an activating group) is 1. The summed E-state index contributed by atoms with van der Waals surface area (Å²) in [6.45, 7) is 3.64. The Balaban J connectivity index is 2.08. The normalized spacial score (nSPS) is 14.5. The molecular weight excluding hydrogens is 454 g/mol. The summed E-state index contributed by atoms with van der Waals surface area (Å²) in [5, 5.41) is 12.5. The minimum absolute atomic E-state index is 0.0331. The molecule has 10 nitrogen and oxygen atoms in total. The molecule has 186 valence electrons. The van der Waals surface area contributed by atoms with Gasteiger partial charge in [0.2, 0.25) is 5.91 Å². The minimum Gasteiger partial charge on any atom is -0.493 e. The van der Waals surface area contributed by atoms with Crippen LogP contribution in [-0.2, 0) is 9.59 Å². The summed E-state index contributed by atoms with van der Waals surface area (Å²) >= 11 is 0. The number of hydrogen-bond donors (Lipinski definition) is 2. The number of hydrogen-bond acceptors (Lipinski definition) is 7. The molecule has 2 atom stereocenters. The number of aliphatic carboxylic acids is 1. The third-order valence-corrected chi connectivity index (χ3v) is 5.65. The first kappa shape index (κ1) is 25.7. The fourth-order valence-electron chi connectivity index (χ4n) is 4.08. The number of anilines is 1. The van der Waals surface area contributed by atoms with Crippen molar-refractivity contribution in [2.24, 2.45) is 5.92 Å². The van der Waals surface area contributed by atoms with Crippen LogP contribution in [0.1, 0.15) is 46.2 Å². The van der Waals surface area contributed by atoms with Gasteiger partial charge in [-0.15, -0.1) is 0 Å². The molecule has 0 aromatic heterocycles. The van der Waals surface area contributed by atoms with E-state index in [2.05, 4.69) is 5.32 Å². The molecule has 2 aromatic carbocycles. The third-order valence-electron chi connectivity index (χ3n) is 5.65. The second-order valence-electron chi connectivity index (χ2n) is 8.41. The first-order chi connectivity index (χ1) is 16.6. The Morgan fingerprint density at radius 2 is 1.83 bits per heavy atom. The molecule has 3 amide bonds. The van der Waals surface area contributed by atoms with Gasteiger partial charge in [-0.1, -0.05) is 12.1 Å². The van der Waals surface area contributed by atoms with Crippen molar-refractivity contribution >= 4 is 29.4 Å². The zero-order valence-electron chi connectivity index (χ0n) is 20.3. The molecule has 0 fully saturated rings. The molecule has 10 heteroatoms. The molecule has 0 bridgehead atoms. The highest BCUT2D eigenvalue weighted by Crippen LogP contribution is 2.41. The van der Waals surface area contributed by atoms with E-state index in [-0.39, 0.29) is 29.3 Å². The van der Waals surface area contributed by atoms with Gasteiger partial charge in [0, 0.05) is 0 Å². The lowest BCUT2D eigenvalue weighted by Crippen LogP contribution is -2.39. The summed E-state index contributed by atoms with van der Waals surface area (Å²) in [4.78, 5) is 54.0. The first-order valence-electron chi connectivity index (χ1n) is 11.1. The zero-order valence-corrected chi connectivity index (χ0v) is 20.3. The summed E-state index contributed by atoms with van der Waals surface area (Å²) in [5.74, 6) is -3.19. The Morgan fingerprint density at radius 1 is 1.11 bits per heavy atom. The molecule has 0 spiro atoms. The number of carboxylic acid groups (broad SMARTS) is 1. The Morgan fingerprint density at radius 3 is 2.43 bits per heavy atom. The largest absolute Gasteiger partial charge is 0.493 e. The number of nitrogens with zero attached hydrogens (tertiary/aromatic N) is 2. The van der Waals surface area contributed by atoms with Crippen LogP contribution in [0.4, 0.5) is 5.69 Å². The van der Waals surface area contributed by atoms with E-state index in [1.54, 1.807) is 50.2 Å². The van der Waals surface area contributed by atoms with E-state index >= 15 is 0 Å². The molecule has 35 heavy (non-hydrogen) atoms. The van der Waals surface area contributed by atoms with Crippen molar-refractivity contribution in [1.29, 1.82) is 0 Å². The number of benzene rings is 2. The van der Waals surface area contributed by atoms with Crippen LogP contribution >= 0.6 is 0 Å². The smallest absolute Gasteiger partial charge is 0.308 e. The van der Waals surface area contributed by atoms with Gasteiger partial charge < -0.3 is 24.8 Å². The van der Waals surface area contributed by atoms with Crippen molar-refractivity contribution in [2.45, 2.75) is 19.9 Å². The molecule has 2 aromatic rings. The molecule has 0 aliphatic carbocycles. The molecule has 1 aliphatic rings. The van der Waals surface area contributed by atoms with E-state index in [1.165, 1.54) is 26.2 Å². The maximum absolute atomic E-state index is 13.6. The van der Waals surface area contributed by atoms with Gasteiger partial charge in [-0.2, -0.15) is 0 Å². The van der Waals surface area contributed by atoms with Gasteiger partial charge in [0.25, 0.3) is 11.8 Å². The van der Waals surface area contributed by atoms with Crippen molar-refractivity contribution in [3.8, 4) is 11.5 Å². The predicted octanol–water partition coefficient (Wildman–Crippen LogP) is 2.65. The van der Waals surface area contributed by atoms with Crippen LogP contribution in [0.3, 0.4) is 0 Å². The van der Waals surface area contributed by atoms with Crippen molar-refractivity contribution < 1.29 is 33.8 Å². The number of methoxy groups -OCH3 is 1. The summed E-state index contributed by atoms with van der Waals surface area (Å²) in [7, 11) is 4.94. The highest BCUT2D eigenvalue weighted by atomic mass is 16.5. The van der Waals surface area contributed by atoms with E-state index in [4.69, 9.17) is 9.47 Å². The fraction of sp³-hybridized carbons (Fsp3) is 0.360. The number of imide groups is 1. The molecule has 2 unspecified atom stereocenters. The van der Waals surface area contributed by atoms with E-state index in [1.807, 2.05) is 0 Å². The highest BCUT2D eigenvalue weighted by Gasteiger charge is 2.45.